The molecule has 2 heterocycles. The number of anilines is 1. The molecule has 0 spiro atoms. The maximum atomic E-state index is 13.6. The van der Waals surface area contributed by atoms with Gasteiger partial charge >= 0.3 is 0 Å². The molecule has 1 aliphatic heterocycles. The molecule has 1 aromatic heterocycles. The van der Waals surface area contributed by atoms with Gasteiger partial charge in [-0.25, -0.2) is 0 Å². The Hall–Kier alpha value is -4.54. The average molecular weight is 622 g/mol. The number of hydrogen-bond donors (Lipinski definition) is 5. The van der Waals surface area contributed by atoms with E-state index < -0.39 is 6.04 Å². The molecule has 2 aliphatic rings. The SMILES string of the molecule is Cc1cc(C(=O)N2CCNCC2)ccc1-c1ccc(C[C@H](NC(=O)C2CCC(CN)CC2)C(=O)Nc2ccc3cn[nH]c3c2)cc1. The number of amides is 3. The summed E-state index contributed by atoms with van der Waals surface area (Å²) in [6.45, 7) is 5.74. The first-order valence-electron chi connectivity index (χ1n) is 16.3. The lowest BCUT2D eigenvalue weighted by Gasteiger charge is -2.28. The van der Waals surface area contributed by atoms with Gasteiger partial charge in [-0.1, -0.05) is 30.3 Å². The number of carbonyl (C=O) groups is 3. The van der Waals surface area contributed by atoms with Gasteiger partial charge in [0.2, 0.25) is 11.8 Å². The molecular weight excluding hydrogens is 578 g/mol. The molecule has 0 radical (unpaired) electrons. The molecule has 6 rings (SSSR count). The van der Waals surface area contributed by atoms with E-state index in [1.165, 1.54) is 0 Å². The van der Waals surface area contributed by atoms with Crippen LogP contribution in [0.5, 0.6) is 0 Å². The van der Waals surface area contributed by atoms with Crippen molar-refractivity contribution in [3.8, 4) is 11.1 Å². The van der Waals surface area contributed by atoms with Gasteiger partial charge in [0.15, 0.2) is 0 Å². The van der Waals surface area contributed by atoms with Gasteiger partial charge in [0.1, 0.15) is 6.04 Å². The molecule has 2 fully saturated rings. The highest BCUT2D eigenvalue weighted by molar-refractivity contribution is 5.99. The van der Waals surface area contributed by atoms with Crippen LogP contribution in [0.3, 0.4) is 0 Å². The number of nitrogens with two attached hydrogens (primary N) is 1. The minimum atomic E-state index is -0.750. The van der Waals surface area contributed by atoms with E-state index in [0.717, 1.165) is 85.0 Å². The molecule has 3 amide bonds. The smallest absolute Gasteiger partial charge is 0.253 e. The summed E-state index contributed by atoms with van der Waals surface area (Å²) in [5.41, 5.74) is 12.0. The lowest BCUT2D eigenvalue weighted by Crippen LogP contribution is -2.48. The highest BCUT2D eigenvalue weighted by Gasteiger charge is 2.29. The summed E-state index contributed by atoms with van der Waals surface area (Å²) in [6, 6.07) is 18.8. The topological polar surface area (TPSA) is 145 Å². The number of hydrogen-bond acceptors (Lipinski definition) is 6. The molecular formula is C36H43N7O3. The minimum Gasteiger partial charge on any atom is -0.344 e. The normalized spacial score (nSPS) is 19.0. The van der Waals surface area contributed by atoms with Crippen LogP contribution >= 0.6 is 0 Å². The van der Waals surface area contributed by atoms with Gasteiger partial charge in [-0.3, -0.25) is 19.5 Å². The lowest BCUT2D eigenvalue weighted by molar-refractivity contribution is -0.130. The molecule has 240 valence electrons. The van der Waals surface area contributed by atoms with Crippen LogP contribution in [-0.4, -0.2) is 71.6 Å². The number of benzene rings is 3. The third kappa shape index (κ3) is 7.29. The summed E-state index contributed by atoms with van der Waals surface area (Å²) >= 11 is 0. The summed E-state index contributed by atoms with van der Waals surface area (Å²) in [5.74, 6) is 0.0578. The summed E-state index contributed by atoms with van der Waals surface area (Å²) in [4.78, 5) is 41.9. The van der Waals surface area contributed by atoms with Crippen molar-refractivity contribution in [3.05, 3.63) is 83.6 Å². The number of aromatic nitrogens is 2. The second-order valence-corrected chi connectivity index (χ2v) is 12.6. The van der Waals surface area contributed by atoms with Crippen molar-refractivity contribution in [2.24, 2.45) is 17.6 Å². The summed E-state index contributed by atoms with van der Waals surface area (Å²) in [5, 5.41) is 17.3. The first-order valence-corrected chi connectivity index (χ1v) is 16.3. The maximum Gasteiger partial charge on any atom is 0.253 e. The molecule has 10 heteroatoms. The molecule has 0 bridgehead atoms. The van der Waals surface area contributed by atoms with Gasteiger partial charge in [0, 0.05) is 55.2 Å². The van der Waals surface area contributed by atoms with E-state index in [1.807, 2.05) is 72.5 Å². The molecule has 0 unspecified atom stereocenters. The largest absolute Gasteiger partial charge is 0.344 e. The summed E-state index contributed by atoms with van der Waals surface area (Å²) < 4.78 is 0. The molecule has 46 heavy (non-hydrogen) atoms. The third-order valence-electron chi connectivity index (χ3n) is 9.48. The highest BCUT2D eigenvalue weighted by atomic mass is 16.2. The van der Waals surface area contributed by atoms with Crippen molar-refractivity contribution >= 4 is 34.3 Å². The Bertz CT molecular complexity index is 1690. The van der Waals surface area contributed by atoms with Gasteiger partial charge in [-0.05, 0) is 97.7 Å². The number of aryl methyl sites for hydroxylation is 1. The highest BCUT2D eigenvalue weighted by Crippen LogP contribution is 2.29. The quantitative estimate of drug-likeness (QED) is 0.191. The number of fused-ring (bicyclic) bond motifs is 1. The fraction of sp³-hybridized carbons (Fsp3) is 0.389. The number of H-pyrrole nitrogens is 1. The second kappa shape index (κ2) is 14.3. The first kappa shape index (κ1) is 31.4. The Labute approximate surface area is 269 Å². The molecule has 4 aromatic rings. The zero-order valence-corrected chi connectivity index (χ0v) is 26.4. The number of piperazine rings is 1. The van der Waals surface area contributed by atoms with E-state index in [9.17, 15) is 14.4 Å². The number of nitrogens with one attached hydrogen (secondary N) is 4. The monoisotopic (exact) mass is 621 g/mol. The fourth-order valence-electron chi connectivity index (χ4n) is 6.63. The Morgan fingerprint density at radius 1 is 0.978 bits per heavy atom. The molecule has 1 saturated carbocycles. The van der Waals surface area contributed by atoms with Crippen molar-refractivity contribution in [3.63, 3.8) is 0 Å². The van der Waals surface area contributed by atoms with Gasteiger partial charge < -0.3 is 26.6 Å². The summed E-state index contributed by atoms with van der Waals surface area (Å²) in [6.07, 6.45) is 5.51. The minimum absolute atomic E-state index is 0.0646. The lowest BCUT2D eigenvalue weighted by atomic mass is 9.81. The number of carbonyl (C=O) groups excluding carboxylic acids is 3. The second-order valence-electron chi connectivity index (χ2n) is 12.6. The molecule has 1 atom stereocenters. The van der Waals surface area contributed by atoms with Crippen LogP contribution in [0.1, 0.15) is 47.2 Å². The zero-order chi connectivity index (χ0) is 32.0. The first-order chi connectivity index (χ1) is 22.4. The third-order valence-corrected chi connectivity index (χ3v) is 9.48. The van der Waals surface area contributed by atoms with Crippen molar-refractivity contribution in [1.29, 1.82) is 0 Å². The summed E-state index contributed by atoms with van der Waals surface area (Å²) in [7, 11) is 0. The maximum absolute atomic E-state index is 13.6. The van der Waals surface area contributed by atoms with Crippen molar-refractivity contribution < 1.29 is 14.4 Å². The molecule has 3 aromatic carbocycles. The molecule has 6 N–H and O–H groups in total. The Kier molecular flexibility index (Phi) is 9.75. The molecule has 10 nitrogen and oxygen atoms in total. The van der Waals surface area contributed by atoms with Crippen LogP contribution in [0.4, 0.5) is 5.69 Å². The van der Waals surface area contributed by atoms with Gasteiger partial charge in [-0.15, -0.1) is 0 Å². The van der Waals surface area contributed by atoms with Crippen LogP contribution in [0.15, 0.2) is 66.9 Å². The number of rotatable bonds is 9. The van der Waals surface area contributed by atoms with Crippen LogP contribution in [0.25, 0.3) is 22.0 Å². The Morgan fingerprint density at radius 2 is 1.74 bits per heavy atom. The van der Waals surface area contributed by atoms with E-state index in [-0.39, 0.29) is 23.6 Å². The molecule has 1 aliphatic carbocycles. The van der Waals surface area contributed by atoms with Crippen LogP contribution in [0.2, 0.25) is 0 Å². The Balaban J connectivity index is 1.16. The van der Waals surface area contributed by atoms with E-state index in [2.05, 4.69) is 26.1 Å². The van der Waals surface area contributed by atoms with Gasteiger partial charge in [0.25, 0.3) is 5.91 Å². The van der Waals surface area contributed by atoms with Crippen molar-refractivity contribution in [2.75, 3.05) is 38.0 Å². The van der Waals surface area contributed by atoms with Gasteiger partial charge in [-0.2, -0.15) is 5.10 Å². The average Bonchev–Trinajstić information content (AvgIpc) is 3.56. The van der Waals surface area contributed by atoms with Crippen molar-refractivity contribution in [2.45, 2.75) is 45.1 Å². The van der Waals surface area contributed by atoms with E-state index >= 15 is 0 Å². The zero-order valence-electron chi connectivity index (χ0n) is 26.4. The molecule has 1 saturated heterocycles. The van der Waals surface area contributed by atoms with Crippen molar-refractivity contribution in [1.82, 2.24) is 25.7 Å². The van der Waals surface area contributed by atoms with E-state index in [1.54, 1.807) is 6.20 Å². The van der Waals surface area contributed by atoms with Crippen LogP contribution < -0.4 is 21.7 Å². The van der Waals surface area contributed by atoms with Gasteiger partial charge in [0.05, 0.1) is 11.7 Å². The van der Waals surface area contributed by atoms with E-state index in [0.29, 0.717) is 30.1 Å². The predicted octanol–water partition coefficient (Wildman–Crippen LogP) is 4.01. The van der Waals surface area contributed by atoms with Crippen LogP contribution in [-0.2, 0) is 16.0 Å². The van der Waals surface area contributed by atoms with Crippen LogP contribution in [0, 0.1) is 18.8 Å². The number of aromatic amines is 1. The standard InChI is InChI=1S/C36H43N7O3/c1-23-18-28(36(46)43-16-14-38-15-17-43)11-13-31(23)26-6-2-24(3-7-26)19-33(41-34(44)27-8-4-25(21-37)5-9-27)35(45)40-30-12-10-29-22-39-42-32(29)20-30/h2-3,6-7,10-13,18,20,22,25,27,33,38H,4-5,8-9,14-17,19,21,37H2,1H3,(H,39,42)(H,40,45)(H,41,44)/t25?,27?,33-/m0/s1. The number of nitrogens with zero attached hydrogens (tertiary/aromatic N) is 2. The Morgan fingerprint density at radius 3 is 2.46 bits per heavy atom. The fourth-order valence-corrected chi connectivity index (χ4v) is 6.63. The predicted molar refractivity (Wildman–Crippen MR) is 180 cm³/mol. The van der Waals surface area contributed by atoms with E-state index in [4.69, 9.17) is 5.73 Å².